The molecule has 1 aromatic heterocycles. The summed E-state index contributed by atoms with van der Waals surface area (Å²) in [4.78, 5) is 39.1. The lowest BCUT2D eigenvalue weighted by Gasteiger charge is -2.18. The summed E-state index contributed by atoms with van der Waals surface area (Å²) in [5.74, 6) is -1.33. The van der Waals surface area contributed by atoms with Gasteiger partial charge in [0.15, 0.2) is 5.69 Å². The summed E-state index contributed by atoms with van der Waals surface area (Å²) in [5, 5.41) is 5.39. The summed E-state index contributed by atoms with van der Waals surface area (Å²) in [6.45, 7) is 3.35. The first-order valence-corrected chi connectivity index (χ1v) is 7.75. The molecule has 2 rings (SSSR count). The molecule has 0 aliphatic carbocycles. The van der Waals surface area contributed by atoms with Crippen molar-refractivity contribution in [3.05, 3.63) is 59.4 Å². The Kier molecular flexibility index (Phi) is 5.84. The molecule has 0 saturated carbocycles. The lowest BCUT2D eigenvalue weighted by atomic mass is 10.0. The first kappa shape index (κ1) is 18.1. The third-order valence-electron chi connectivity index (χ3n) is 3.56. The maximum Gasteiger partial charge on any atom is 0.269 e. The molecule has 0 radical (unpaired) electrons. The van der Waals surface area contributed by atoms with Gasteiger partial charge in [-0.2, -0.15) is 0 Å². The van der Waals surface area contributed by atoms with Crippen LogP contribution in [0.2, 0.25) is 0 Å². The topological polar surface area (TPSA) is 114 Å². The highest BCUT2D eigenvalue weighted by atomic mass is 16.2. The monoisotopic (exact) mass is 340 g/mol. The number of amides is 3. The fourth-order valence-electron chi connectivity index (χ4n) is 2.39. The number of anilines is 1. The largest absolute Gasteiger partial charge is 0.364 e. The van der Waals surface area contributed by atoms with Crippen molar-refractivity contribution in [2.24, 2.45) is 5.73 Å². The second-order valence-corrected chi connectivity index (χ2v) is 5.68. The van der Waals surface area contributed by atoms with E-state index in [0.29, 0.717) is 0 Å². The van der Waals surface area contributed by atoms with Gasteiger partial charge >= 0.3 is 0 Å². The molecule has 0 spiro atoms. The van der Waals surface area contributed by atoms with Gasteiger partial charge in [-0.1, -0.05) is 29.8 Å². The highest BCUT2D eigenvalue weighted by Gasteiger charge is 2.19. The van der Waals surface area contributed by atoms with Gasteiger partial charge in [0, 0.05) is 13.1 Å². The summed E-state index contributed by atoms with van der Waals surface area (Å²) in [7, 11) is 0. The van der Waals surface area contributed by atoms with Gasteiger partial charge in [-0.25, -0.2) is 4.98 Å². The highest BCUT2D eigenvalue weighted by molar-refractivity contribution is 6.01. The minimum absolute atomic E-state index is 0.00966. The molecule has 1 aromatic carbocycles. The average Bonchev–Trinajstić information content (AvgIpc) is 2.54. The third-order valence-corrected chi connectivity index (χ3v) is 3.56. The molecule has 0 aliphatic heterocycles. The number of nitrogens with two attached hydrogens (primary N) is 1. The molecule has 0 bridgehead atoms. The molecule has 0 saturated heterocycles. The van der Waals surface area contributed by atoms with E-state index in [2.05, 4.69) is 15.6 Å². The minimum atomic E-state index is -0.729. The Labute approximate surface area is 145 Å². The Hall–Kier alpha value is -3.22. The summed E-state index contributed by atoms with van der Waals surface area (Å²) >= 11 is 0. The van der Waals surface area contributed by atoms with Crippen LogP contribution in [-0.4, -0.2) is 22.7 Å². The van der Waals surface area contributed by atoms with Crippen LogP contribution < -0.4 is 16.4 Å². The van der Waals surface area contributed by atoms with E-state index >= 15 is 0 Å². The van der Waals surface area contributed by atoms with Crippen LogP contribution in [0, 0.1) is 6.92 Å². The van der Waals surface area contributed by atoms with Gasteiger partial charge < -0.3 is 16.4 Å². The van der Waals surface area contributed by atoms with E-state index in [1.165, 1.54) is 13.1 Å². The number of pyridine rings is 1. The summed E-state index contributed by atoms with van der Waals surface area (Å²) in [6.07, 6.45) is 1.43. The molecule has 0 aliphatic rings. The molecule has 25 heavy (non-hydrogen) atoms. The second-order valence-electron chi connectivity index (χ2n) is 5.68. The van der Waals surface area contributed by atoms with E-state index in [1.54, 1.807) is 12.1 Å². The van der Waals surface area contributed by atoms with Gasteiger partial charge in [0.05, 0.1) is 18.2 Å². The maximum absolute atomic E-state index is 12.4. The Balaban J connectivity index is 2.16. The van der Waals surface area contributed by atoms with Crippen LogP contribution in [0.25, 0.3) is 0 Å². The van der Waals surface area contributed by atoms with Crippen molar-refractivity contribution in [1.29, 1.82) is 0 Å². The lowest BCUT2D eigenvalue weighted by Crippen LogP contribution is -2.30. The molecular formula is C18H20N4O3. The fraction of sp³-hybridized carbons (Fsp3) is 0.222. The van der Waals surface area contributed by atoms with Crippen LogP contribution in [0.4, 0.5) is 5.69 Å². The molecule has 130 valence electrons. The fourth-order valence-corrected chi connectivity index (χ4v) is 2.39. The summed E-state index contributed by atoms with van der Waals surface area (Å²) < 4.78 is 0. The van der Waals surface area contributed by atoms with Crippen LogP contribution in [0.3, 0.4) is 0 Å². The number of nitrogens with one attached hydrogen (secondary N) is 2. The SMILES string of the molecule is CC(=O)NC(CC(=O)Nc1cccnc1C(N)=O)c1ccc(C)cc1. The maximum atomic E-state index is 12.4. The van der Waals surface area contributed by atoms with E-state index in [9.17, 15) is 14.4 Å². The van der Waals surface area contributed by atoms with Crippen molar-refractivity contribution in [2.45, 2.75) is 26.3 Å². The summed E-state index contributed by atoms with van der Waals surface area (Å²) in [6, 6.07) is 10.2. The van der Waals surface area contributed by atoms with E-state index in [0.717, 1.165) is 11.1 Å². The molecule has 3 amide bonds. The standard InChI is InChI=1S/C18H20N4O3/c1-11-5-7-13(8-6-11)15(21-12(2)23)10-16(24)22-14-4-3-9-20-17(14)18(19)25/h3-9,15H,10H2,1-2H3,(H2,19,25)(H,21,23)(H,22,24). The van der Waals surface area contributed by atoms with Gasteiger partial charge in [-0.3, -0.25) is 14.4 Å². The Morgan fingerprint density at radius 1 is 1.16 bits per heavy atom. The Bertz CT molecular complexity index is 787. The lowest BCUT2D eigenvalue weighted by molar-refractivity contribution is -0.120. The molecule has 1 unspecified atom stereocenters. The van der Waals surface area contributed by atoms with Gasteiger partial charge in [0.1, 0.15) is 0 Å². The molecule has 4 N–H and O–H groups in total. The van der Waals surface area contributed by atoms with Crippen molar-refractivity contribution in [3.63, 3.8) is 0 Å². The molecule has 7 nitrogen and oxygen atoms in total. The van der Waals surface area contributed by atoms with Crippen molar-refractivity contribution in [1.82, 2.24) is 10.3 Å². The minimum Gasteiger partial charge on any atom is -0.364 e. The molecule has 7 heteroatoms. The van der Waals surface area contributed by atoms with E-state index in [1.807, 2.05) is 31.2 Å². The first-order chi connectivity index (χ1) is 11.9. The van der Waals surface area contributed by atoms with Gasteiger partial charge in [-0.15, -0.1) is 0 Å². The zero-order valence-corrected chi connectivity index (χ0v) is 14.1. The van der Waals surface area contributed by atoms with Crippen molar-refractivity contribution >= 4 is 23.4 Å². The quantitative estimate of drug-likeness (QED) is 0.742. The van der Waals surface area contributed by atoms with Crippen molar-refractivity contribution in [2.75, 3.05) is 5.32 Å². The van der Waals surface area contributed by atoms with Crippen LogP contribution in [0.5, 0.6) is 0 Å². The van der Waals surface area contributed by atoms with Gasteiger partial charge in [-0.05, 0) is 24.6 Å². The third kappa shape index (κ3) is 5.13. The van der Waals surface area contributed by atoms with Crippen LogP contribution in [0.1, 0.15) is 41.0 Å². The second kappa shape index (κ2) is 8.05. The number of nitrogens with zero attached hydrogens (tertiary/aromatic N) is 1. The zero-order chi connectivity index (χ0) is 18.4. The molecule has 1 heterocycles. The van der Waals surface area contributed by atoms with Crippen LogP contribution in [-0.2, 0) is 9.59 Å². The Morgan fingerprint density at radius 3 is 2.44 bits per heavy atom. The van der Waals surface area contributed by atoms with Gasteiger partial charge in [0.2, 0.25) is 11.8 Å². The van der Waals surface area contributed by atoms with Crippen molar-refractivity contribution in [3.8, 4) is 0 Å². The summed E-state index contributed by atoms with van der Waals surface area (Å²) in [5.41, 5.74) is 7.38. The average molecular weight is 340 g/mol. The van der Waals surface area contributed by atoms with E-state index in [-0.39, 0.29) is 29.6 Å². The van der Waals surface area contributed by atoms with Crippen molar-refractivity contribution < 1.29 is 14.4 Å². The first-order valence-electron chi connectivity index (χ1n) is 7.75. The predicted molar refractivity (Wildman–Crippen MR) is 93.7 cm³/mol. The predicted octanol–water partition coefficient (Wildman–Crippen LogP) is 1.69. The van der Waals surface area contributed by atoms with Crippen LogP contribution >= 0.6 is 0 Å². The molecular weight excluding hydrogens is 320 g/mol. The number of carbonyl (C=O) groups excluding carboxylic acids is 3. The van der Waals surface area contributed by atoms with E-state index < -0.39 is 11.9 Å². The molecule has 0 fully saturated rings. The number of primary amides is 1. The van der Waals surface area contributed by atoms with Gasteiger partial charge in [0.25, 0.3) is 5.91 Å². The number of hydrogen-bond acceptors (Lipinski definition) is 4. The number of rotatable bonds is 6. The number of aryl methyl sites for hydroxylation is 1. The smallest absolute Gasteiger partial charge is 0.269 e. The normalized spacial score (nSPS) is 11.4. The van der Waals surface area contributed by atoms with Crippen LogP contribution in [0.15, 0.2) is 42.6 Å². The Morgan fingerprint density at radius 2 is 1.84 bits per heavy atom. The zero-order valence-electron chi connectivity index (χ0n) is 14.1. The molecule has 2 aromatic rings. The number of carbonyl (C=O) groups is 3. The molecule has 1 atom stereocenters. The number of aromatic nitrogens is 1. The highest BCUT2D eigenvalue weighted by Crippen LogP contribution is 2.19. The number of hydrogen-bond donors (Lipinski definition) is 3. The van der Waals surface area contributed by atoms with E-state index in [4.69, 9.17) is 5.73 Å². The number of benzene rings is 1.